The maximum Gasteiger partial charge on any atom is 0.315 e. The first-order valence-corrected chi connectivity index (χ1v) is 8.79. The number of carbonyl (C=O) groups is 1. The molecule has 2 N–H and O–H groups in total. The highest BCUT2D eigenvalue weighted by Crippen LogP contribution is 2.21. The summed E-state index contributed by atoms with van der Waals surface area (Å²) in [6, 6.07) is 3.56. The van der Waals surface area contributed by atoms with E-state index in [-0.39, 0.29) is 30.1 Å². The monoisotopic (exact) mass is 304 g/mol. The highest BCUT2D eigenvalue weighted by molar-refractivity contribution is 7.91. The molecular formula is C12H20N2O3S2. The molecule has 0 aliphatic carbocycles. The van der Waals surface area contributed by atoms with Crippen LogP contribution >= 0.6 is 11.3 Å². The van der Waals surface area contributed by atoms with Crippen LogP contribution in [-0.4, -0.2) is 32.5 Å². The number of thiophene rings is 1. The first kappa shape index (κ1) is 16.0. The van der Waals surface area contributed by atoms with Gasteiger partial charge in [-0.2, -0.15) is 0 Å². The van der Waals surface area contributed by atoms with Gasteiger partial charge in [0.25, 0.3) is 0 Å². The van der Waals surface area contributed by atoms with Crippen molar-refractivity contribution in [2.24, 2.45) is 0 Å². The molecule has 0 unspecified atom stereocenters. The SMILES string of the molecule is CCS(=O)(=O)CCNC(=O)N[C@@H](C)c1ccc(C)s1. The van der Waals surface area contributed by atoms with Gasteiger partial charge < -0.3 is 10.6 Å². The Hall–Kier alpha value is -1.08. The fraction of sp³-hybridized carbons (Fsp3) is 0.583. The first-order chi connectivity index (χ1) is 8.84. The minimum absolute atomic E-state index is 0.0244. The molecule has 1 atom stereocenters. The maximum atomic E-state index is 11.6. The molecule has 0 fully saturated rings. The molecule has 1 heterocycles. The summed E-state index contributed by atoms with van der Waals surface area (Å²) in [5, 5.41) is 5.34. The average Bonchev–Trinajstić information content (AvgIpc) is 2.75. The Labute approximate surface area is 118 Å². The predicted molar refractivity (Wildman–Crippen MR) is 78.3 cm³/mol. The number of carbonyl (C=O) groups excluding carboxylic acids is 1. The third-order valence-corrected chi connectivity index (χ3v) is 5.56. The zero-order valence-electron chi connectivity index (χ0n) is 11.4. The molecule has 0 bridgehead atoms. The lowest BCUT2D eigenvalue weighted by Crippen LogP contribution is -2.39. The second-order valence-corrected chi connectivity index (χ2v) is 8.10. The van der Waals surface area contributed by atoms with Crippen molar-refractivity contribution >= 4 is 27.2 Å². The number of aryl methyl sites for hydroxylation is 1. The van der Waals surface area contributed by atoms with Crippen LogP contribution in [0.4, 0.5) is 4.79 Å². The molecule has 0 radical (unpaired) electrons. The van der Waals surface area contributed by atoms with Crippen LogP contribution < -0.4 is 10.6 Å². The molecule has 0 saturated carbocycles. The number of hydrogen-bond donors (Lipinski definition) is 2. The maximum absolute atomic E-state index is 11.6. The second-order valence-electron chi connectivity index (χ2n) is 4.31. The van der Waals surface area contributed by atoms with Gasteiger partial charge in [-0.1, -0.05) is 6.92 Å². The summed E-state index contributed by atoms with van der Waals surface area (Å²) in [7, 11) is -3.03. The minimum atomic E-state index is -3.03. The number of amides is 2. The number of urea groups is 1. The highest BCUT2D eigenvalue weighted by atomic mass is 32.2. The zero-order chi connectivity index (χ0) is 14.5. The normalized spacial score (nSPS) is 13.0. The van der Waals surface area contributed by atoms with E-state index in [2.05, 4.69) is 10.6 Å². The lowest BCUT2D eigenvalue weighted by molar-refractivity contribution is 0.238. The lowest BCUT2D eigenvalue weighted by atomic mass is 10.3. The Morgan fingerprint density at radius 3 is 2.63 bits per heavy atom. The highest BCUT2D eigenvalue weighted by Gasteiger charge is 2.12. The summed E-state index contributed by atoms with van der Waals surface area (Å²) < 4.78 is 22.5. The summed E-state index contributed by atoms with van der Waals surface area (Å²) in [5.74, 6) is 0.0740. The van der Waals surface area contributed by atoms with Crippen LogP contribution in [0.5, 0.6) is 0 Å². The third-order valence-electron chi connectivity index (χ3n) is 2.67. The van der Waals surface area contributed by atoms with Crippen molar-refractivity contribution < 1.29 is 13.2 Å². The van der Waals surface area contributed by atoms with Crippen LogP contribution in [0.1, 0.15) is 29.6 Å². The van der Waals surface area contributed by atoms with Gasteiger partial charge in [-0.25, -0.2) is 13.2 Å². The minimum Gasteiger partial charge on any atom is -0.337 e. The van der Waals surface area contributed by atoms with Crippen molar-refractivity contribution in [3.8, 4) is 0 Å². The second kappa shape index (κ2) is 6.91. The quantitative estimate of drug-likeness (QED) is 0.842. The molecule has 5 nitrogen and oxygen atoms in total. The van der Waals surface area contributed by atoms with Gasteiger partial charge in [-0.15, -0.1) is 11.3 Å². The van der Waals surface area contributed by atoms with Crippen molar-refractivity contribution in [2.45, 2.75) is 26.8 Å². The molecule has 108 valence electrons. The molecule has 1 rings (SSSR count). The van der Waals surface area contributed by atoms with Gasteiger partial charge in [0.2, 0.25) is 0 Å². The molecule has 19 heavy (non-hydrogen) atoms. The van der Waals surface area contributed by atoms with E-state index in [1.165, 1.54) is 4.88 Å². The van der Waals surface area contributed by atoms with E-state index in [1.54, 1.807) is 18.3 Å². The van der Waals surface area contributed by atoms with Gasteiger partial charge in [0.1, 0.15) is 0 Å². The largest absolute Gasteiger partial charge is 0.337 e. The average molecular weight is 304 g/mol. The third kappa shape index (κ3) is 5.61. The summed E-state index contributed by atoms with van der Waals surface area (Å²) >= 11 is 1.63. The fourth-order valence-electron chi connectivity index (χ4n) is 1.47. The number of rotatable bonds is 6. The van der Waals surface area contributed by atoms with Crippen LogP contribution in [0.3, 0.4) is 0 Å². The molecule has 7 heteroatoms. The van der Waals surface area contributed by atoms with E-state index in [4.69, 9.17) is 0 Å². The van der Waals surface area contributed by atoms with Crippen molar-refractivity contribution in [2.75, 3.05) is 18.1 Å². The van der Waals surface area contributed by atoms with Gasteiger partial charge in [0, 0.05) is 22.1 Å². The molecule has 0 aliphatic rings. The van der Waals surface area contributed by atoms with Crippen LogP contribution in [0.2, 0.25) is 0 Å². The van der Waals surface area contributed by atoms with Gasteiger partial charge in [0.05, 0.1) is 11.8 Å². The smallest absolute Gasteiger partial charge is 0.315 e. The lowest BCUT2D eigenvalue weighted by Gasteiger charge is -2.13. The molecule has 0 spiro atoms. The van der Waals surface area contributed by atoms with Crippen molar-refractivity contribution in [1.82, 2.24) is 10.6 Å². The molecule has 0 aliphatic heterocycles. The van der Waals surface area contributed by atoms with Crippen molar-refractivity contribution in [3.05, 3.63) is 21.9 Å². The number of hydrogen-bond acceptors (Lipinski definition) is 4. The van der Waals surface area contributed by atoms with Gasteiger partial charge >= 0.3 is 6.03 Å². The first-order valence-electron chi connectivity index (χ1n) is 6.15. The molecule has 0 saturated heterocycles. The van der Waals surface area contributed by atoms with E-state index in [1.807, 2.05) is 26.0 Å². The Balaban J connectivity index is 2.35. The topological polar surface area (TPSA) is 75.3 Å². The van der Waals surface area contributed by atoms with E-state index >= 15 is 0 Å². The van der Waals surface area contributed by atoms with E-state index in [9.17, 15) is 13.2 Å². The van der Waals surface area contributed by atoms with Crippen LogP contribution in [-0.2, 0) is 9.84 Å². The molecule has 0 aromatic carbocycles. The van der Waals surface area contributed by atoms with Crippen LogP contribution in [0, 0.1) is 6.92 Å². The molecule has 2 amide bonds. The Morgan fingerprint density at radius 2 is 2.11 bits per heavy atom. The zero-order valence-corrected chi connectivity index (χ0v) is 13.0. The summed E-state index contributed by atoms with van der Waals surface area (Å²) in [6.45, 7) is 5.64. The number of nitrogens with one attached hydrogen (secondary N) is 2. The van der Waals surface area contributed by atoms with Crippen LogP contribution in [0.15, 0.2) is 12.1 Å². The fourth-order valence-corrected chi connectivity index (χ4v) is 3.05. The van der Waals surface area contributed by atoms with Crippen molar-refractivity contribution in [1.29, 1.82) is 0 Å². The van der Waals surface area contributed by atoms with Crippen LogP contribution in [0.25, 0.3) is 0 Å². The Kier molecular flexibility index (Phi) is 5.81. The summed E-state index contributed by atoms with van der Waals surface area (Å²) in [5.41, 5.74) is 0. The van der Waals surface area contributed by atoms with Gasteiger partial charge in [-0.05, 0) is 26.0 Å². The molecule has 1 aromatic rings. The van der Waals surface area contributed by atoms with Gasteiger partial charge in [-0.3, -0.25) is 0 Å². The Morgan fingerprint density at radius 1 is 1.42 bits per heavy atom. The van der Waals surface area contributed by atoms with E-state index in [0.29, 0.717) is 0 Å². The summed E-state index contributed by atoms with van der Waals surface area (Å²) in [6.07, 6.45) is 0. The standard InChI is InChI=1S/C12H20N2O3S2/c1-4-19(16,17)8-7-13-12(15)14-10(3)11-6-5-9(2)18-11/h5-6,10H,4,7-8H2,1-3H3,(H2,13,14,15)/t10-/m0/s1. The van der Waals surface area contributed by atoms with Gasteiger partial charge in [0.15, 0.2) is 9.84 Å². The predicted octanol–water partition coefficient (Wildman–Crippen LogP) is 1.85. The molecule has 1 aromatic heterocycles. The molecular weight excluding hydrogens is 284 g/mol. The van der Waals surface area contributed by atoms with Crippen molar-refractivity contribution in [3.63, 3.8) is 0 Å². The van der Waals surface area contributed by atoms with E-state index in [0.717, 1.165) is 4.88 Å². The van der Waals surface area contributed by atoms with E-state index < -0.39 is 9.84 Å². The number of sulfone groups is 1. The summed E-state index contributed by atoms with van der Waals surface area (Å²) in [4.78, 5) is 13.9. The Bertz CT molecular complexity index is 523.